The van der Waals surface area contributed by atoms with Crippen molar-refractivity contribution < 1.29 is 43.9 Å². The highest BCUT2D eigenvalue weighted by atomic mass is 32.2. The Morgan fingerprint density at radius 2 is 0.926 bits per heavy atom. The zero-order valence-electron chi connectivity index (χ0n) is 27.6. The lowest BCUT2D eigenvalue weighted by Gasteiger charge is -2.15. The second kappa shape index (κ2) is 13.7. The van der Waals surface area contributed by atoms with Crippen LogP contribution in [0.5, 0.6) is 0 Å². The maximum Gasteiger partial charge on any atom is 0.294 e. The summed E-state index contributed by atoms with van der Waals surface area (Å²) in [5.74, 6) is -1.49. The second-order valence-corrected chi connectivity index (χ2v) is 16.6. The number of sulfonamides is 1. The predicted octanol–water partition coefficient (Wildman–Crippen LogP) is 6.95. The SMILES string of the molecule is O=C(Nc1cccc2cc(S(=O)(=O)O)ccc12)c1cc(NS(=O)(=O)c2cccc3ccccc23)cc(C(=O)Nc2cccc3cc(S(=O)(=O)O)ccc23)c1. The normalized spacial score (nSPS) is 12.1. The van der Waals surface area contributed by atoms with Gasteiger partial charge in [-0.25, -0.2) is 8.42 Å². The fourth-order valence-electron chi connectivity index (χ4n) is 6.04. The molecule has 0 fully saturated rings. The van der Waals surface area contributed by atoms with Crippen LogP contribution < -0.4 is 15.4 Å². The van der Waals surface area contributed by atoms with Crippen molar-refractivity contribution in [2.24, 2.45) is 0 Å². The second-order valence-electron chi connectivity index (χ2n) is 12.1. The minimum Gasteiger partial charge on any atom is -0.321 e. The minimum atomic E-state index is -4.50. The number of amides is 2. The van der Waals surface area contributed by atoms with Gasteiger partial charge in [0.15, 0.2) is 0 Å². The molecule has 5 N–H and O–H groups in total. The molecule has 0 heterocycles. The van der Waals surface area contributed by atoms with E-state index in [4.69, 9.17) is 0 Å². The zero-order chi connectivity index (χ0) is 38.4. The van der Waals surface area contributed by atoms with Gasteiger partial charge in [-0.3, -0.25) is 23.4 Å². The summed E-state index contributed by atoms with van der Waals surface area (Å²) < 4.78 is 95.9. The van der Waals surface area contributed by atoms with Crippen LogP contribution in [0.3, 0.4) is 0 Å². The zero-order valence-corrected chi connectivity index (χ0v) is 30.0. The maximum atomic E-state index is 13.8. The van der Waals surface area contributed by atoms with E-state index in [-0.39, 0.29) is 42.9 Å². The molecule has 0 bridgehead atoms. The van der Waals surface area contributed by atoms with Crippen molar-refractivity contribution in [3.05, 3.63) is 145 Å². The lowest BCUT2D eigenvalue weighted by molar-refractivity contribution is 0.102. The number of hydrogen-bond donors (Lipinski definition) is 5. The topological polar surface area (TPSA) is 213 Å². The molecule has 2 amide bonds. The Labute approximate surface area is 308 Å². The number of hydrogen-bond acceptors (Lipinski definition) is 8. The highest BCUT2D eigenvalue weighted by molar-refractivity contribution is 7.93. The third-order valence-corrected chi connectivity index (χ3v) is 11.7. The summed E-state index contributed by atoms with van der Waals surface area (Å²) in [4.78, 5) is 27.0. The Bertz CT molecular complexity index is 2890. The van der Waals surface area contributed by atoms with Gasteiger partial charge in [0.05, 0.1) is 20.4 Å². The number of anilines is 3. The van der Waals surface area contributed by atoms with E-state index in [0.29, 0.717) is 32.3 Å². The van der Waals surface area contributed by atoms with E-state index in [0.717, 1.165) is 0 Å². The van der Waals surface area contributed by atoms with Crippen LogP contribution >= 0.6 is 0 Å². The monoisotopic (exact) mass is 781 g/mol. The molecular formula is C38H27N3O10S3. The Balaban J connectivity index is 1.28. The van der Waals surface area contributed by atoms with E-state index in [2.05, 4.69) is 15.4 Å². The predicted molar refractivity (Wildman–Crippen MR) is 205 cm³/mol. The summed E-state index contributed by atoms with van der Waals surface area (Å²) in [6.45, 7) is 0. The largest absolute Gasteiger partial charge is 0.321 e. The Hall–Kier alpha value is -6.17. The number of carbonyl (C=O) groups excluding carboxylic acids is 2. The minimum absolute atomic E-state index is 0.0403. The van der Waals surface area contributed by atoms with Crippen molar-refractivity contribution in [1.29, 1.82) is 0 Å². The van der Waals surface area contributed by atoms with Gasteiger partial charge in [0, 0.05) is 38.7 Å². The quantitative estimate of drug-likeness (QED) is 0.0951. The van der Waals surface area contributed by atoms with Gasteiger partial charge in [0.25, 0.3) is 42.1 Å². The Morgan fingerprint density at radius 3 is 1.44 bits per heavy atom. The Morgan fingerprint density at radius 1 is 0.463 bits per heavy atom. The Kier molecular flexibility index (Phi) is 9.16. The van der Waals surface area contributed by atoms with Crippen LogP contribution in [0.4, 0.5) is 17.1 Å². The molecule has 0 radical (unpaired) electrons. The standard InChI is InChI=1S/C38H27N3O10S3/c42-37(39-34-11-3-8-24-21-29(53(46,47)48)14-16-31(24)34)26-18-27(38(43)40-35-12-4-9-25-22-30(54(49,50)51)15-17-32(25)35)20-28(19-26)41-52(44,45)36-13-5-7-23-6-1-2-10-33(23)36/h1-22,41H,(H,39,42)(H,40,43)(H,46,47,48)(H,49,50,51). The number of fused-ring (bicyclic) bond motifs is 3. The van der Waals surface area contributed by atoms with Gasteiger partial charge in [0.2, 0.25) is 0 Å². The smallest absolute Gasteiger partial charge is 0.294 e. The molecule has 0 atom stereocenters. The fraction of sp³-hybridized carbons (Fsp3) is 0. The average Bonchev–Trinajstić information content (AvgIpc) is 3.13. The van der Waals surface area contributed by atoms with Crippen molar-refractivity contribution in [2.75, 3.05) is 15.4 Å². The molecular weight excluding hydrogens is 755 g/mol. The summed E-state index contributed by atoms with van der Waals surface area (Å²) in [5.41, 5.74) is 0.146. The number of rotatable bonds is 9. The van der Waals surface area contributed by atoms with Crippen LogP contribution in [-0.2, 0) is 30.3 Å². The molecule has 16 heteroatoms. The highest BCUT2D eigenvalue weighted by Gasteiger charge is 2.22. The molecule has 54 heavy (non-hydrogen) atoms. The van der Waals surface area contributed by atoms with Gasteiger partial charge in [-0.05, 0) is 76.8 Å². The molecule has 0 aliphatic heterocycles. The van der Waals surface area contributed by atoms with Gasteiger partial charge in [-0.1, -0.05) is 72.8 Å². The first-order valence-corrected chi connectivity index (χ1v) is 20.2. The van der Waals surface area contributed by atoms with Gasteiger partial charge in [0.1, 0.15) is 0 Å². The van der Waals surface area contributed by atoms with Gasteiger partial charge >= 0.3 is 0 Å². The molecule has 7 rings (SSSR count). The fourth-order valence-corrected chi connectivity index (χ4v) is 8.34. The molecule has 7 aromatic rings. The third-order valence-electron chi connectivity index (χ3n) is 8.54. The van der Waals surface area contributed by atoms with E-state index in [9.17, 15) is 43.9 Å². The molecule has 0 aromatic heterocycles. The lowest BCUT2D eigenvalue weighted by Crippen LogP contribution is -2.19. The van der Waals surface area contributed by atoms with E-state index >= 15 is 0 Å². The van der Waals surface area contributed by atoms with Crippen LogP contribution in [0.15, 0.2) is 148 Å². The average molecular weight is 782 g/mol. The highest BCUT2D eigenvalue weighted by Crippen LogP contribution is 2.30. The van der Waals surface area contributed by atoms with E-state index in [1.807, 2.05) is 0 Å². The molecule has 272 valence electrons. The molecule has 0 aliphatic rings. The van der Waals surface area contributed by atoms with E-state index < -0.39 is 42.1 Å². The maximum absolute atomic E-state index is 13.8. The molecule has 0 unspecified atom stereocenters. The van der Waals surface area contributed by atoms with Gasteiger partial charge < -0.3 is 10.6 Å². The van der Waals surface area contributed by atoms with Crippen LogP contribution in [-0.4, -0.2) is 46.2 Å². The van der Waals surface area contributed by atoms with Crippen molar-refractivity contribution in [1.82, 2.24) is 0 Å². The first-order valence-electron chi connectivity index (χ1n) is 15.9. The summed E-state index contributed by atoms with van der Waals surface area (Å²) in [6.07, 6.45) is 0. The lowest BCUT2D eigenvalue weighted by atomic mass is 10.1. The summed E-state index contributed by atoms with van der Waals surface area (Å²) in [6, 6.07) is 32.5. The van der Waals surface area contributed by atoms with E-state index in [1.54, 1.807) is 72.8 Å². The van der Waals surface area contributed by atoms with Crippen molar-refractivity contribution >= 4 is 91.5 Å². The van der Waals surface area contributed by atoms with Crippen LogP contribution in [0.1, 0.15) is 20.7 Å². The first kappa shape index (κ1) is 36.2. The number of carbonyl (C=O) groups is 2. The summed E-state index contributed by atoms with van der Waals surface area (Å²) in [7, 11) is -13.3. The number of benzene rings is 7. The molecule has 0 aliphatic carbocycles. The van der Waals surface area contributed by atoms with Crippen molar-refractivity contribution in [3.63, 3.8) is 0 Å². The summed E-state index contributed by atoms with van der Waals surface area (Å²) in [5, 5.41) is 8.21. The van der Waals surface area contributed by atoms with E-state index in [1.165, 1.54) is 60.7 Å². The summed E-state index contributed by atoms with van der Waals surface area (Å²) >= 11 is 0. The van der Waals surface area contributed by atoms with Crippen LogP contribution in [0, 0.1) is 0 Å². The van der Waals surface area contributed by atoms with Gasteiger partial charge in [-0.15, -0.1) is 0 Å². The van der Waals surface area contributed by atoms with Crippen molar-refractivity contribution in [2.45, 2.75) is 14.7 Å². The molecule has 13 nitrogen and oxygen atoms in total. The van der Waals surface area contributed by atoms with Crippen molar-refractivity contribution in [3.8, 4) is 0 Å². The molecule has 0 spiro atoms. The molecule has 0 saturated heterocycles. The van der Waals surface area contributed by atoms with Crippen LogP contribution in [0.25, 0.3) is 32.3 Å². The third kappa shape index (κ3) is 7.36. The number of nitrogens with one attached hydrogen (secondary N) is 3. The van der Waals surface area contributed by atoms with Gasteiger partial charge in [-0.2, -0.15) is 16.8 Å². The first-order chi connectivity index (χ1) is 25.6. The molecule has 0 saturated carbocycles. The molecule has 7 aromatic carbocycles. The van der Waals surface area contributed by atoms with Crippen LogP contribution in [0.2, 0.25) is 0 Å².